The molecule has 0 heterocycles. The predicted molar refractivity (Wildman–Crippen MR) is 77.1 cm³/mol. The Morgan fingerprint density at radius 3 is 2.68 bits per heavy atom. The number of sulfonamides is 1. The van der Waals surface area contributed by atoms with E-state index < -0.39 is 10.0 Å². The number of nitrogens with one attached hydrogen (secondary N) is 2. The Morgan fingerprint density at radius 1 is 1.42 bits per heavy atom. The number of alkyl halides is 1. The number of anilines is 1. The van der Waals surface area contributed by atoms with Crippen molar-refractivity contribution in [2.24, 2.45) is 0 Å². The summed E-state index contributed by atoms with van der Waals surface area (Å²) in [5.74, 6) is -0.272. The average Bonchev–Trinajstić information content (AvgIpc) is 2.32. The molecular formula is C11H15BrN2O4S. The highest BCUT2D eigenvalue weighted by Crippen LogP contribution is 2.28. The Labute approximate surface area is 120 Å². The minimum Gasteiger partial charge on any atom is -0.505 e. The van der Waals surface area contributed by atoms with Crippen LogP contribution in [0.15, 0.2) is 18.2 Å². The Bertz CT molecular complexity index is 560. The molecule has 0 aliphatic heterocycles. The first-order chi connectivity index (χ1) is 8.83. The van der Waals surface area contributed by atoms with E-state index in [-0.39, 0.29) is 22.7 Å². The highest BCUT2D eigenvalue weighted by atomic mass is 79.9. The lowest BCUT2D eigenvalue weighted by atomic mass is 10.1. The van der Waals surface area contributed by atoms with Crippen molar-refractivity contribution < 1.29 is 18.3 Å². The normalized spacial score (nSPS) is 11.1. The second kappa shape index (κ2) is 6.76. The first-order valence-electron chi connectivity index (χ1n) is 5.45. The summed E-state index contributed by atoms with van der Waals surface area (Å²) in [6.45, 7) is 0.361. The van der Waals surface area contributed by atoms with Gasteiger partial charge in [-0.15, -0.1) is 0 Å². The van der Waals surface area contributed by atoms with Gasteiger partial charge < -0.3 is 10.4 Å². The van der Waals surface area contributed by atoms with E-state index in [1.807, 2.05) is 0 Å². The summed E-state index contributed by atoms with van der Waals surface area (Å²) in [5, 5.41) is 12.8. The molecule has 8 heteroatoms. The Balaban J connectivity index is 2.75. The molecule has 0 radical (unpaired) electrons. The maximum atomic E-state index is 11.1. The second-order valence-corrected chi connectivity index (χ2v) is 6.23. The molecule has 0 unspecified atom stereocenters. The van der Waals surface area contributed by atoms with E-state index in [2.05, 4.69) is 26.0 Å². The summed E-state index contributed by atoms with van der Waals surface area (Å²) in [5.41, 5.74) is 0.690. The quantitative estimate of drug-likeness (QED) is 0.522. The molecule has 0 bridgehead atoms. The molecule has 1 aromatic rings. The van der Waals surface area contributed by atoms with E-state index in [1.54, 1.807) is 12.1 Å². The molecule has 3 N–H and O–H groups in total. The van der Waals surface area contributed by atoms with Gasteiger partial charge in [0.05, 0.1) is 17.3 Å². The van der Waals surface area contributed by atoms with Crippen LogP contribution >= 0.6 is 15.9 Å². The zero-order valence-electron chi connectivity index (χ0n) is 10.3. The Kier molecular flexibility index (Phi) is 5.61. The summed E-state index contributed by atoms with van der Waals surface area (Å²) in [7, 11) is -3.44. The molecule has 6 nitrogen and oxygen atoms in total. The van der Waals surface area contributed by atoms with Crippen LogP contribution in [0.5, 0.6) is 5.75 Å². The van der Waals surface area contributed by atoms with Crippen LogP contribution in [-0.2, 0) is 21.2 Å². The fourth-order valence-corrected chi connectivity index (χ4v) is 2.22. The minimum atomic E-state index is -3.44. The first kappa shape index (κ1) is 15.8. The van der Waals surface area contributed by atoms with Crippen LogP contribution in [0.4, 0.5) is 5.69 Å². The first-order valence-corrected chi connectivity index (χ1v) is 8.46. The van der Waals surface area contributed by atoms with Gasteiger partial charge in [0.2, 0.25) is 15.9 Å². The van der Waals surface area contributed by atoms with Gasteiger partial charge in [0.15, 0.2) is 0 Å². The maximum Gasteiger partial charge on any atom is 0.230 e. The molecule has 1 amide bonds. The van der Waals surface area contributed by atoms with Gasteiger partial charge >= 0.3 is 0 Å². The van der Waals surface area contributed by atoms with Crippen molar-refractivity contribution in [1.29, 1.82) is 0 Å². The number of hydrogen-bond donors (Lipinski definition) is 3. The van der Waals surface area contributed by atoms with E-state index in [0.717, 1.165) is 6.26 Å². The number of para-hydroxylation sites is 1. The predicted octanol–water partition coefficient (Wildman–Crippen LogP) is 0.817. The molecule has 0 spiro atoms. The molecule has 106 valence electrons. The van der Waals surface area contributed by atoms with Gasteiger partial charge in [-0.2, -0.15) is 0 Å². The van der Waals surface area contributed by atoms with E-state index in [9.17, 15) is 18.3 Å². The van der Waals surface area contributed by atoms with Crippen LogP contribution < -0.4 is 10.0 Å². The fourth-order valence-electron chi connectivity index (χ4n) is 1.46. The Morgan fingerprint density at radius 2 is 2.11 bits per heavy atom. The highest BCUT2D eigenvalue weighted by Gasteiger charge is 2.10. The zero-order chi connectivity index (χ0) is 14.5. The number of carbonyl (C=O) groups is 1. The molecule has 19 heavy (non-hydrogen) atoms. The van der Waals surface area contributed by atoms with Crippen LogP contribution in [0.25, 0.3) is 0 Å². The summed E-state index contributed by atoms with van der Waals surface area (Å²) >= 11 is 3.02. The van der Waals surface area contributed by atoms with Gasteiger partial charge in [-0.25, -0.2) is 8.42 Å². The molecule has 0 saturated heterocycles. The van der Waals surface area contributed by atoms with Gasteiger partial charge in [-0.05, 0) is 18.1 Å². The number of rotatable bonds is 6. The molecule has 1 rings (SSSR count). The molecule has 0 aliphatic carbocycles. The van der Waals surface area contributed by atoms with Crippen LogP contribution in [-0.4, -0.2) is 37.6 Å². The lowest BCUT2D eigenvalue weighted by Gasteiger charge is -2.11. The SMILES string of the molecule is CS(=O)(=O)Nc1cccc(CCNC(=O)CBr)c1O. The second-order valence-electron chi connectivity index (χ2n) is 3.92. The van der Waals surface area contributed by atoms with E-state index in [1.165, 1.54) is 6.07 Å². The number of amides is 1. The topological polar surface area (TPSA) is 95.5 Å². The number of phenolic OH excluding ortho intramolecular Hbond substituents is 1. The fraction of sp³-hybridized carbons (Fsp3) is 0.364. The molecule has 0 aliphatic rings. The van der Waals surface area contributed by atoms with Crippen LogP contribution in [0, 0.1) is 0 Å². The number of benzene rings is 1. The maximum absolute atomic E-state index is 11.1. The largest absolute Gasteiger partial charge is 0.505 e. The molecule has 0 atom stereocenters. The molecule has 1 aromatic carbocycles. The van der Waals surface area contributed by atoms with E-state index in [4.69, 9.17) is 0 Å². The van der Waals surface area contributed by atoms with E-state index in [0.29, 0.717) is 18.5 Å². The average molecular weight is 351 g/mol. The third kappa shape index (κ3) is 5.48. The van der Waals surface area contributed by atoms with Crippen LogP contribution in [0.3, 0.4) is 0 Å². The van der Waals surface area contributed by atoms with Crippen molar-refractivity contribution in [2.45, 2.75) is 6.42 Å². The van der Waals surface area contributed by atoms with Gasteiger partial charge in [-0.3, -0.25) is 9.52 Å². The monoisotopic (exact) mass is 350 g/mol. The van der Waals surface area contributed by atoms with Crippen LogP contribution in [0.1, 0.15) is 5.56 Å². The van der Waals surface area contributed by atoms with Crippen molar-refractivity contribution in [2.75, 3.05) is 22.9 Å². The number of hydrogen-bond acceptors (Lipinski definition) is 4. The van der Waals surface area contributed by atoms with Crippen molar-refractivity contribution in [3.63, 3.8) is 0 Å². The molecule has 0 saturated carbocycles. The minimum absolute atomic E-state index is 0.124. The summed E-state index contributed by atoms with van der Waals surface area (Å²) in [4.78, 5) is 11.0. The smallest absolute Gasteiger partial charge is 0.230 e. The summed E-state index contributed by atoms with van der Waals surface area (Å²) < 4.78 is 24.5. The molecule has 0 fully saturated rings. The van der Waals surface area contributed by atoms with Gasteiger partial charge in [0.25, 0.3) is 0 Å². The van der Waals surface area contributed by atoms with E-state index >= 15 is 0 Å². The van der Waals surface area contributed by atoms with Crippen LogP contribution in [0.2, 0.25) is 0 Å². The van der Waals surface area contributed by atoms with Crippen molar-refractivity contribution in [3.8, 4) is 5.75 Å². The molecular weight excluding hydrogens is 336 g/mol. The highest BCUT2D eigenvalue weighted by molar-refractivity contribution is 9.09. The lowest BCUT2D eigenvalue weighted by Crippen LogP contribution is -2.26. The molecule has 0 aromatic heterocycles. The zero-order valence-corrected chi connectivity index (χ0v) is 12.7. The lowest BCUT2D eigenvalue weighted by molar-refractivity contribution is -0.118. The number of carbonyl (C=O) groups excluding carboxylic acids is 1. The number of aromatic hydroxyl groups is 1. The van der Waals surface area contributed by atoms with Crippen molar-refractivity contribution in [3.05, 3.63) is 23.8 Å². The van der Waals surface area contributed by atoms with Gasteiger partial charge in [-0.1, -0.05) is 28.1 Å². The third-order valence-corrected chi connectivity index (χ3v) is 3.35. The number of phenols is 1. The number of halogens is 1. The van der Waals surface area contributed by atoms with Crippen molar-refractivity contribution in [1.82, 2.24) is 5.32 Å². The Hall–Kier alpha value is -1.28. The summed E-state index contributed by atoms with van der Waals surface area (Å²) in [6, 6.07) is 4.77. The standard InChI is InChI=1S/C11H15BrN2O4S/c1-19(17,18)14-9-4-2-3-8(11(9)16)5-6-13-10(15)7-12/h2-4,14,16H,5-7H2,1H3,(H,13,15). The van der Waals surface area contributed by atoms with Crippen molar-refractivity contribution >= 4 is 37.5 Å². The third-order valence-electron chi connectivity index (χ3n) is 2.25. The van der Waals surface area contributed by atoms with Gasteiger partial charge in [0, 0.05) is 6.54 Å². The summed E-state index contributed by atoms with van der Waals surface area (Å²) in [6.07, 6.45) is 1.42. The van der Waals surface area contributed by atoms with Gasteiger partial charge in [0.1, 0.15) is 5.75 Å².